The van der Waals surface area contributed by atoms with Crippen LogP contribution in [0.4, 0.5) is 0 Å². The van der Waals surface area contributed by atoms with E-state index in [1.54, 1.807) is 11.3 Å². The number of aromatic nitrogens is 1. The molecule has 1 atom stereocenters. The number of hydrogen-bond donors (Lipinski definition) is 0. The van der Waals surface area contributed by atoms with Gasteiger partial charge in [-0.25, -0.2) is 4.98 Å². The normalized spacial score (nSPS) is 22.6. The molecule has 0 saturated carbocycles. The average molecular weight is 273 g/mol. The van der Waals surface area contributed by atoms with Crippen molar-refractivity contribution < 1.29 is 0 Å². The maximum Gasteiger partial charge on any atom is 0.0941 e. The molecule has 0 radical (unpaired) electrons. The van der Waals surface area contributed by atoms with Gasteiger partial charge < -0.3 is 4.90 Å². The lowest BCUT2D eigenvalue weighted by Gasteiger charge is -2.26. The fourth-order valence-corrected chi connectivity index (χ4v) is 3.45. The number of thiazole rings is 1. The quantitative estimate of drug-likeness (QED) is 0.777. The summed E-state index contributed by atoms with van der Waals surface area (Å²) in [6, 6.07) is 0.741. The Morgan fingerprint density at radius 2 is 2.35 bits per heavy atom. The minimum Gasteiger partial charge on any atom is -0.300 e. The first-order chi connectivity index (χ1) is 8.29. The van der Waals surface area contributed by atoms with Gasteiger partial charge in [0.05, 0.1) is 16.6 Å². The van der Waals surface area contributed by atoms with Gasteiger partial charge in [-0.3, -0.25) is 0 Å². The van der Waals surface area contributed by atoms with Crippen LogP contribution in [0.15, 0.2) is 5.38 Å². The Labute approximate surface area is 113 Å². The molecule has 1 aromatic rings. The monoisotopic (exact) mass is 272 g/mol. The van der Waals surface area contributed by atoms with Gasteiger partial charge in [0.15, 0.2) is 0 Å². The Morgan fingerprint density at radius 3 is 3.12 bits per heavy atom. The summed E-state index contributed by atoms with van der Waals surface area (Å²) in [7, 11) is 0. The second-order valence-electron chi connectivity index (χ2n) is 4.85. The van der Waals surface area contributed by atoms with Crippen molar-refractivity contribution in [3.05, 3.63) is 16.1 Å². The zero-order valence-corrected chi connectivity index (χ0v) is 12.1. The van der Waals surface area contributed by atoms with E-state index in [0.29, 0.717) is 5.88 Å². The van der Waals surface area contributed by atoms with Crippen LogP contribution in [0.3, 0.4) is 0 Å². The van der Waals surface area contributed by atoms with Crippen LogP contribution < -0.4 is 0 Å². The van der Waals surface area contributed by atoms with E-state index in [1.807, 2.05) is 0 Å². The van der Waals surface area contributed by atoms with Gasteiger partial charge in [0, 0.05) is 24.4 Å². The second kappa shape index (κ2) is 6.72. The van der Waals surface area contributed by atoms with Crippen molar-refractivity contribution in [1.29, 1.82) is 0 Å². The molecule has 17 heavy (non-hydrogen) atoms. The van der Waals surface area contributed by atoms with E-state index in [2.05, 4.69) is 22.2 Å². The molecule has 1 saturated heterocycles. The fourth-order valence-electron chi connectivity index (χ4n) is 2.43. The highest BCUT2D eigenvalue weighted by Gasteiger charge is 2.16. The first-order valence-electron chi connectivity index (χ1n) is 6.53. The van der Waals surface area contributed by atoms with Crippen molar-refractivity contribution in [1.82, 2.24) is 9.88 Å². The molecule has 0 N–H and O–H groups in total. The number of alkyl halides is 1. The van der Waals surface area contributed by atoms with Gasteiger partial charge in [-0.2, -0.15) is 0 Å². The first-order valence-corrected chi connectivity index (χ1v) is 7.94. The zero-order chi connectivity index (χ0) is 12.1. The van der Waals surface area contributed by atoms with E-state index in [-0.39, 0.29) is 0 Å². The third-order valence-corrected chi connectivity index (χ3v) is 4.77. The van der Waals surface area contributed by atoms with Crippen molar-refractivity contribution in [3.63, 3.8) is 0 Å². The summed E-state index contributed by atoms with van der Waals surface area (Å²) < 4.78 is 0. The van der Waals surface area contributed by atoms with Crippen molar-refractivity contribution in [2.45, 2.75) is 50.9 Å². The average Bonchev–Trinajstić information content (AvgIpc) is 2.70. The molecule has 4 heteroatoms. The highest BCUT2D eigenvalue weighted by atomic mass is 35.5. The maximum atomic E-state index is 5.77. The summed E-state index contributed by atoms with van der Waals surface area (Å²) in [6.45, 7) is 4.77. The number of halogens is 1. The molecule has 2 rings (SSSR count). The fraction of sp³-hybridized carbons (Fsp3) is 0.769. The lowest BCUT2D eigenvalue weighted by molar-refractivity contribution is 0.216. The second-order valence-corrected chi connectivity index (χ2v) is 6.06. The van der Waals surface area contributed by atoms with Gasteiger partial charge in [0.2, 0.25) is 0 Å². The van der Waals surface area contributed by atoms with Gasteiger partial charge in [-0.15, -0.1) is 22.9 Å². The molecule has 1 fully saturated rings. The SMILES string of the molecule is CC1CCCCCN1CCc1nc(CCl)cs1. The van der Waals surface area contributed by atoms with Gasteiger partial charge >= 0.3 is 0 Å². The molecule has 1 aromatic heterocycles. The summed E-state index contributed by atoms with van der Waals surface area (Å²) in [5, 5.41) is 3.31. The molecule has 1 unspecified atom stereocenters. The third kappa shape index (κ3) is 3.94. The summed E-state index contributed by atoms with van der Waals surface area (Å²) in [5.41, 5.74) is 1.02. The molecule has 96 valence electrons. The molecular formula is C13H21ClN2S. The molecule has 0 aromatic carbocycles. The Hall–Kier alpha value is -0.120. The smallest absolute Gasteiger partial charge is 0.0941 e. The van der Waals surface area contributed by atoms with E-state index in [9.17, 15) is 0 Å². The van der Waals surface area contributed by atoms with Crippen molar-refractivity contribution in [3.8, 4) is 0 Å². The van der Waals surface area contributed by atoms with Gasteiger partial charge in [-0.1, -0.05) is 12.8 Å². The Morgan fingerprint density at radius 1 is 1.47 bits per heavy atom. The minimum atomic E-state index is 0.538. The molecule has 0 bridgehead atoms. The minimum absolute atomic E-state index is 0.538. The Kier molecular flexibility index (Phi) is 5.26. The predicted octanol–water partition coefficient (Wildman–Crippen LogP) is 3.69. The van der Waals surface area contributed by atoms with Crippen LogP contribution in [0.25, 0.3) is 0 Å². The van der Waals surface area contributed by atoms with Gasteiger partial charge in [0.25, 0.3) is 0 Å². The van der Waals surface area contributed by atoms with Crippen LogP contribution in [0.1, 0.15) is 43.3 Å². The van der Waals surface area contributed by atoms with E-state index in [1.165, 1.54) is 37.2 Å². The summed E-state index contributed by atoms with van der Waals surface area (Å²) in [6.07, 6.45) is 6.58. The van der Waals surface area contributed by atoms with E-state index in [4.69, 9.17) is 11.6 Å². The predicted molar refractivity (Wildman–Crippen MR) is 74.9 cm³/mol. The van der Waals surface area contributed by atoms with Gasteiger partial charge in [0.1, 0.15) is 0 Å². The molecule has 0 spiro atoms. The molecule has 2 heterocycles. The number of rotatable bonds is 4. The zero-order valence-electron chi connectivity index (χ0n) is 10.5. The molecule has 2 nitrogen and oxygen atoms in total. The van der Waals surface area contributed by atoms with Crippen molar-refractivity contribution >= 4 is 22.9 Å². The first kappa shape index (κ1) is 13.3. The van der Waals surface area contributed by atoms with Crippen LogP contribution in [0.2, 0.25) is 0 Å². The topological polar surface area (TPSA) is 16.1 Å². The molecule has 1 aliphatic rings. The van der Waals surface area contributed by atoms with Crippen LogP contribution in [0.5, 0.6) is 0 Å². The molecular weight excluding hydrogens is 252 g/mol. The highest BCUT2D eigenvalue weighted by Crippen LogP contribution is 2.18. The number of hydrogen-bond acceptors (Lipinski definition) is 3. The molecule has 0 amide bonds. The largest absolute Gasteiger partial charge is 0.300 e. The standard InChI is InChI=1S/C13H21ClN2S/c1-11-5-3-2-4-7-16(11)8-6-13-15-12(9-14)10-17-13/h10-11H,2-9H2,1H3. The Balaban J connectivity index is 1.83. The molecule has 0 aliphatic carbocycles. The van der Waals surface area contributed by atoms with Crippen LogP contribution >= 0.6 is 22.9 Å². The third-order valence-electron chi connectivity index (χ3n) is 3.54. The highest BCUT2D eigenvalue weighted by molar-refractivity contribution is 7.09. The van der Waals surface area contributed by atoms with E-state index < -0.39 is 0 Å². The van der Waals surface area contributed by atoms with Crippen LogP contribution in [-0.4, -0.2) is 29.0 Å². The van der Waals surface area contributed by atoms with E-state index in [0.717, 1.165) is 24.7 Å². The Bertz CT molecular complexity index is 340. The van der Waals surface area contributed by atoms with E-state index >= 15 is 0 Å². The number of likely N-dealkylation sites (tertiary alicyclic amines) is 1. The lowest BCUT2D eigenvalue weighted by atomic mass is 10.1. The van der Waals surface area contributed by atoms with Gasteiger partial charge in [-0.05, 0) is 26.3 Å². The van der Waals surface area contributed by atoms with Crippen LogP contribution in [-0.2, 0) is 12.3 Å². The van der Waals surface area contributed by atoms with Crippen molar-refractivity contribution in [2.24, 2.45) is 0 Å². The van der Waals surface area contributed by atoms with Crippen LogP contribution in [0, 0.1) is 0 Å². The lowest BCUT2D eigenvalue weighted by Crippen LogP contribution is -2.34. The maximum absolute atomic E-state index is 5.77. The summed E-state index contributed by atoms with van der Waals surface area (Å²) in [4.78, 5) is 7.14. The number of nitrogens with zero attached hydrogens (tertiary/aromatic N) is 2. The molecule has 1 aliphatic heterocycles. The summed E-state index contributed by atoms with van der Waals surface area (Å²) >= 11 is 7.51. The summed E-state index contributed by atoms with van der Waals surface area (Å²) in [5.74, 6) is 0.538. The van der Waals surface area contributed by atoms with Crippen molar-refractivity contribution in [2.75, 3.05) is 13.1 Å².